The number of rotatable bonds is 3. The van der Waals surface area contributed by atoms with Gasteiger partial charge in [-0.25, -0.2) is 4.39 Å². The zero-order valence-electron chi connectivity index (χ0n) is 14.7. The van der Waals surface area contributed by atoms with Gasteiger partial charge in [0.2, 0.25) is 0 Å². The Labute approximate surface area is 154 Å². The summed E-state index contributed by atoms with van der Waals surface area (Å²) in [4.78, 5) is 0. The van der Waals surface area contributed by atoms with E-state index in [1.54, 1.807) is 4.57 Å². The van der Waals surface area contributed by atoms with Crippen molar-refractivity contribution in [3.8, 4) is 22.7 Å². The Morgan fingerprint density at radius 3 is 2.63 bits per heavy atom. The molecular formula is C20H17FN4O2. The first-order valence-corrected chi connectivity index (χ1v) is 8.34. The summed E-state index contributed by atoms with van der Waals surface area (Å²) in [5, 5.41) is 30.1. The van der Waals surface area contributed by atoms with Gasteiger partial charge in [-0.1, -0.05) is 23.4 Å². The van der Waals surface area contributed by atoms with Gasteiger partial charge in [0.25, 0.3) is 0 Å². The van der Waals surface area contributed by atoms with Crippen molar-refractivity contribution >= 4 is 17.1 Å². The fourth-order valence-corrected chi connectivity index (χ4v) is 3.53. The highest BCUT2D eigenvalue weighted by atomic mass is 19.1. The zero-order chi connectivity index (χ0) is 19.1. The second-order valence-electron chi connectivity index (χ2n) is 6.30. The van der Waals surface area contributed by atoms with Gasteiger partial charge in [-0.05, 0) is 32.0 Å². The van der Waals surface area contributed by atoms with E-state index in [2.05, 4.69) is 15.4 Å². The number of benzene rings is 2. The average molecular weight is 364 g/mol. The van der Waals surface area contributed by atoms with E-state index in [0.29, 0.717) is 11.3 Å². The van der Waals surface area contributed by atoms with Crippen LogP contribution in [0.2, 0.25) is 0 Å². The van der Waals surface area contributed by atoms with Gasteiger partial charge >= 0.3 is 0 Å². The summed E-state index contributed by atoms with van der Waals surface area (Å²) in [5.41, 5.74) is 4.67. The van der Waals surface area contributed by atoms with Crippen molar-refractivity contribution in [1.29, 1.82) is 0 Å². The monoisotopic (exact) mass is 364 g/mol. The molecule has 0 atom stereocenters. The molecule has 0 aliphatic rings. The first-order chi connectivity index (χ1) is 13.0. The van der Waals surface area contributed by atoms with Gasteiger partial charge in [-0.2, -0.15) is 5.10 Å². The SMILES string of the molecule is Cc1n[nH]c(C)c1-c1c(/C=N/O)c2ccccc2n1-c1ccc(O)cc1F. The predicted octanol–water partition coefficient (Wildman–Crippen LogP) is 4.29. The number of aromatic amines is 1. The minimum absolute atomic E-state index is 0.151. The number of fused-ring (bicyclic) bond motifs is 1. The molecule has 0 saturated heterocycles. The van der Waals surface area contributed by atoms with Gasteiger partial charge in [0.05, 0.1) is 28.8 Å². The van der Waals surface area contributed by atoms with Crippen LogP contribution in [0, 0.1) is 19.7 Å². The lowest BCUT2D eigenvalue weighted by Crippen LogP contribution is -2.02. The Kier molecular flexibility index (Phi) is 3.92. The Balaban J connectivity index is 2.22. The molecule has 2 aromatic carbocycles. The number of oxime groups is 1. The molecule has 0 bridgehead atoms. The molecule has 6 nitrogen and oxygen atoms in total. The number of nitrogens with zero attached hydrogens (tertiary/aromatic N) is 3. The number of halogens is 1. The molecule has 0 aliphatic heterocycles. The number of phenols is 1. The molecule has 7 heteroatoms. The highest BCUT2D eigenvalue weighted by molar-refractivity contribution is 6.07. The van der Waals surface area contributed by atoms with E-state index in [1.807, 2.05) is 38.1 Å². The van der Waals surface area contributed by atoms with Crippen LogP contribution in [0.15, 0.2) is 47.6 Å². The first-order valence-electron chi connectivity index (χ1n) is 8.34. The van der Waals surface area contributed by atoms with Crippen molar-refractivity contribution in [2.24, 2.45) is 5.16 Å². The Morgan fingerprint density at radius 1 is 1.19 bits per heavy atom. The number of aromatic hydroxyl groups is 1. The summed E-state index contributed by atoms with van der Waals surface area (Å²) < 4.78 is 16.6. The summed E-state index contributed by atoms with van der Waals surface area (Å²) in [5.74, 6) is -0.717. The number of H-pyrrole nitrogens is 1. The van der Waals surface area contributed by atoms with Crippen LogP contribution in [-0.4, -0.2) is 31.3 Å². The molecule has 0 spiro atoms. The normalized spacial score (nSPS) is 11.7. The lowest BCUT2D eigenvalue weighted by Gasteiger charge is -2.13. The molecule has 136 valence electrons. The molecule has 3 N–H and O–H groups in total. The highest BCUT2D eigenvalue weighted by Gasteiger charge is 2.24. The predicted molar refractivity (Wildman–Crippen MR) is 101 cm³/mol. The van der Waals surface area contributed by atoms with Crippen LogP contribution in [0.3, 0.4) is 0 Å². The molecule has 0 radical (unpaired) electrons. The van der Waals surface area contributed by atoms with Gasteiger partial charge in [0.15, 0.2) is 5.82 Å². The van der Waals surface area contributed by atoms with Crippen molar-refractivity contribution in [1.82, 2.24) is 14.8 Å². The van der Waals surface area contributed by atoms with Crippen LogP contribution in [0.4, 0.5) is 4.39 Å². The lowest BCUT2D eigenvalue weighted by atomic mass is 10.0. The van der Waals surface area contributed by atoms with Crippen molar-refractivity contribution in [2.45, 2.75) is 13.8 Å². The summed E-state index contributed by atoms with van der Waals surface area (Å²) >= 11 is 0. The molecule has 0 aliphatic carbocycles. The first kappa shape index (κ1) is 16.8. The highest BCUT2D eigenvalue weighted by Crippen LogP contribution is 2.38. The molecular weight excluding hydrogens is 347 g/mol. The number of nitrogens with one attached hydrogen (secondary N) is 1. The summed E-state index contributed by atoms with van der Waals surface area (Å²) in [6.45, 7) is 3.73. The molecule has 2 heterocycles. The zero-order valence-corrected chi connectivity index (χ0v) is 14.7. The Hall–Kier alpha value is -3.61. The van der Waals surface area contributed by atoms with Crippen molar-refractivity contribution in [3.63, 3.8) is 0 Å². The van der Waals surface area contributed by atoms with Gasteiger partial charge < -0.3 is 14.9 Å². The minimum atomic E-state index is -0.566. The number of para-hydroxylation sites is 1. The molecule has 4 aromatic rings. The van der Waals surface area contributed by atoms with Crippen molar-refractivity contribution in [2.75, 3.05) is 0 Å². The van der Waals surface area contributed by atoms with E-state index in [4.69, 9.17) is 0 Å². The van der Waals surface area contributed by atoms with Crippen LogP contribution in [0.25, 0.3) is 27.8 Å². The topological polar surface area (TPSA) is 86.4 Å². The van der Waals surface area contributed by atoms with Gasteiger partial charge in [-0.3, -0.25) is 5.10 Å². The Bertz CT molecular complexity index is 1170. The molecule has 0 saturated carbocycles. The largest absolute Gasteiger partial charge is 0.508 e. The minimum Gasteiger partial charge on any atom is -0.508 e. The summed E-state index contributed by atoms with van der Waals surface area (Å²) in [6.07, 6.45) is 1.35. The number of aryl methyl sites for hydroxylation is 2. The van der Waals surface area contributed by atoms with E-state index < -0.39 is 5.82 Å². The van der Waals surface area contributed by atoms with Crippen LogP contribution in [0.5, 0.6) is 5.75 Å². The average Bonchev–Trinajstić information content (AvgIpc) is 3.13. The van der Waals surface area contributed by atoms with E-state index in [1.165, 1.54) is 18.3 Å². The maximum Gasteiger partial charge on any atom is 0.150 e. The molecule has 0 fully saturated rings. The number of aromatic nitrogens is 3. The van der Waals surface area contributed by atoms with Gasteiger partial charge in [0.1, 0.15) is 5.75 Å². The second kappa shape index (κ2) is 6.28. The smallest absolute Gasteiger partial charge is 0.150 e. The molecule has 0 unspecified atom stereocenters. The van der Waals surface area contributed by atoms with Crippen molar-refractivity contribution < 1.29 is 14.7 Å². The summed E-state index contributed by atoms with van der Waals surface area (Å²) in [6, 6.07) is 11.5. The molecule has 0 amide bonds. The van der Waals surface area contributed by atoms with Crippen LogP contribution in [0.1, 0.15) is 17.0 Å². The third-order valence-electron chi connectivity index (χ3n) is 4.64. The van der Waals surface area contributed by atoms with E-state index in [0.717, 1.165) is 33.9 Å². The van der Waals surface area contributed by atoms with Crippen LogP contribution >= 0.6 is 0 Å². The number of hydrogen-bond acceptors (Lipinski definition) is 4. The molecule has 4 rings (SSSR count). The van der Waals surface area contributed by atoms with Crippen molar-refractivity contribution in [3.05, 3.63) is 65.2 Å². The van der Waals surface area contributed by atoms with E-state index in [9.17, 15) is 14.7 Å². The molecule has 27 heavy (non-hydrogen) atoms. The maximum atomic E-state index is 14.8. The fourth-order valence-electron chi connectivity index (χ4n) is 3.53. The quantitative estimate of drug-likeness (QED) is 0.288. The van der Waals surface area contributed by atoms with Crippen LogP contribution in [-0.2, 0) is 0 Å². The third kappa shape index (κ3) is 2.55. The maximum absolute atomic E-state index is 14.8. The number of hydrogen-bond donors (Lipinski definition) is 3. The third-order valence-corrected chi connectivity index (χ3v) is 4.64. The van der Waals surface area contributed by atoms with E-state index in [-0.39, 0.29) is 11.4 Å². The van der Waals surface area contributed by atoms with Gasteiger partial charge in [-0.15, -0.1) is 0 Å². The Morgan fingerprint density at radius 2 is 1.96 bits per heavy atom. The fraction of sp³-hybridized carbons (Fsp3) is 0.100. The second-order valence-corrected chi connectivity index (χ2v) is 6.30. The lowest BCUT2D eigenvalue weighted by molar-refractivity contribution is 0.322. The van der Waals surface area contributed by atoms with Gasteiger partial charge in [0, 0.05) is 28.3 Å². The standard InChI is InChI=1S/C20H17FN4O2/c1-11-19(12(2)24-23-11)20-15(10-22-27)14-5-3-4-6-17(14)25(20)18-8-7-13(26)9-16(18)21/h3-10,26-27H,1-2H3,(H,23,24)/b22-10+. The van der Waals surface area contributed by atoms with Crippen LogP contribution < -0.4 is 0 Å². The summed E-state index contributed by atoms with van der Waals surface area (Å²) in [7, 11) is 0. The van der Waals surface area contributed by atoms with E-state index >= 15 is 0 Å². The number of phenolic OH excluding ortho intramolecular Hbond substituents is 1. The molecule has 2 aromatic heterocycles.